The van der Waals surface area contributed by atoms with E-state index in [2.05, 4.69) is 21.2 Å². The third-order valence-corrected chi connectivity index (χ3v) is 4.68. The van der Waals surface area contributed by atoms with E-state index in [-0.39, 0.29) is 12.5 Å². The van der Waals surface area contributed by atoms with E-state index in [4.69, 9.17) is 16.3 Å². The number of nitrogens with one attached hydrogen (secondary N) is 3. The molecule has 33 heavy (non-hydrogen) atoms. The topological polar surface area (TPSA) is 109 Å². The first-order valence-electron chi connectivity index (χ1n) is 9.89. The molecule has 0 aliphatic heterocycles. The monoisotopic (exact) mass is 464 g/mol. The van der Waals surface area contributed by atoms with Gasteiger partial charge in [0.15, 0.2) is 6.61 Å². The predicted molar refractivity (Wildman–Crippen MR) is 128 cm³/mol. The second-order valence-corrected chi connectivity index (χ2v) is 7.26. The van der Waals surface area contributed by atoms with Crippen molar-refractivity contribution < 1.29 is 19.1 Å². The lowest BCUT2D eigenvalue weighted by Crippen LogP contribution is -2.32. The van der Waals surface area contributed by atoms with Gasteiger partial charge < -0.3 is 15.4 Å². The molecule has 3 aromatic carbocycles. The summed E-state index contributed by atoms with van der Waals surface area (Å²) >= 11 is 6.02. The van der Waals surface area contributed by atoms with Crippen LogP contribution in [0.3, 0.4) is 0 Å². The second-order valence-electron chi connectivity index (χ2n) is 6.86. The van der Waals surface area contributed by atoms with E-state index in [0.29, 0.717) is 27.7 Å². The van der Waals surface area contributed by atoms with Crippen molar-refractivity contribution in [2.75, 3.05) is 17.2 Å². The predicted octanol–water partition coefficient (Wildman–Crippen LogP) is 3.75. The summed E-state index contributed by atoms with van der Waals surface area (Å²) in [7, 11) is 0. The van der Waals surface area contributed by atoms with Crippen molar-refractivity contribution in [3.63, 3.8) is 0 Å². The van der Waals surface area contributed by atoms with Crippen LogP contribution in [0, 0.1) is 6.92 Å². The number of ether oxygens (including phenoxy) is 1. The van der Waals surface area contributed by atoms with Crippen molar-refractivity contribution in [2.24, 2.45) is 5.10 Å². The first kappa shape index (κ1) is 23.5. The van der Waals surface area contributed by atoms with E-state index >= 15 is 0 Å². The maximum atomic E-state index is 12.1. The van der Waals surface area contributed by atoms with E-state index in [1.165, 1.54) is 6.21 Å². The SMILES string of the molecule is Cc1ccccc1NC(=O)C(=O)N/N=C\c1cccc(OCC(=O)Nc2ccccc2Cl)c1. The Morgan fingerprint density at radius 3 is 2.39 bits per heavy atom. The number of hydrazone groups is 1. The summed E-state index contributed by atoms with van der Waals surface area (Å²) in [6.45, 7) is 1.60. The summed E-state index contributed by atoms with van der Waals surface area (Å²) in [4.78, 5) is 36.0. The summed E-state index contributed by atoms with van der Waals surface area (Å²) in [6.07, 6.45) is 1.36. The number of carbonyl (C=O) groups is 3. The molecule has 0 saturated heterocycles. The molecule has 3 amide bonds. The highest BCUT2D eigenvalue weighted by Crippen LogP contribution is 2.20. The minimum Gasteiger partial charge on any atom is -0.484 e. The van der Waals surface area contributed by atoms with Crippen LogP contribution in [0.5, 0.6) is 5.75 Å². The van der Waals surface area contributed by atoms with Crippen LogP contribution >= 0.6 is 11.6 Å². The van der Waals surface area contributed by atoms with Gasteiger partial charge in [0.2, 0.25) is 0 Å². The van der Waals surface area contributed by atoms with Crippen molar-refractivity contribution in [1.82, 2.24) is 5.43 Å². The Morgan fingerprint density at radius 2 is 1.64 bits per heavy atom. The van der Waals surface area contributed by atoms with Crippen LogP contribution in [-0.2, 0) is 14.4 Å². The third-order valence-electron chi connectivity index (χ3n) is 4.36. The van der Waals surface area contributed by atoms with Crippen molar-refractivity contribution >= 4 is 46.9 Å². The number of para-hydroxylation sites is 2. The van der Waals surface area contributed by atoms with Gasteiger partial charge in [0.1, 0.15) is 5.75 Å². The molecule has 0 aliphatic carbocycles. The molecule has 3 aromatic rings. The molecule has 8 nitrogen and oxygen atoms in total. The standard InChI is InChI=1S/C24H21ClN4O4/c1-16-7-2-4-11-20(16)28-23(31)24(32)29-26-14-17-8-6-9-18(13-17)33-15-22(30)27-21-12-5-3-10-19(21)25/h2-14H,15H2,1H3,(H,27,30)(H,28,31)(H,29,32)/b26-14-. The molecule has 0 fully saturated rings. The van der Waals surface area contributed by atoms with Gasteiger partial charge in [0.25, 0.3) is 5.91 Å². The molecule has 0 heterocycles. The van der Waals surface area contributed by atoms with Crippen LogP contribution in [-0.4, -0.2) is 30.5 Å². The Bertz CT molecular complexity index is 1200. The first-order chi connectivity index (χ1) is 15.9. The molecule has 0 bridgehead atoms. The number of anilines is 2. The zero-order valence-electron chi connectivity index (χ0n) is 17.7. The van der Waals surface area contributed by atoms with Crippen molar-refractivity contribution in [1.29, 1.82) is 0 Å². The summed E-state index contributed by atoms with van der Waals surface area (Å²) in [6, 6.07) is 20.7. The number of aryl methyl sites for hydroxylation is 1. The number of nitrogens with zero attached hydrogens (tertiary/aromatic N) is 1. The Balaban J connectivity index is 1.49. The second kappa shape index (κ2) is 11.4. The number of hydrogen-bond donors (Lipinski definition) is 3. The van der Waals surface area contributed by atoms with Gasteiger partial charge in [0.05, 0.1) is 16.9 Å². The summed E-state index contributed by atoms with van der Waals surface area (Å²) in [5.74, 6) is -1.67. The molecule has 0 aromatic heterocycles. The number of carbonyl (C=O) groups excluding carboxylic acids is 3. The van der Waals surface area contributed by atoms with Crippen molar-refractivity contribution in [3.05, 3.63) is 88.9 Å². The average molecular weight is 465 g/mol. The zero-order chi connectivity index (χ0) is 23.6. The average Bonchev–Trinajstić information content (AvgIpc) is 2.81. The molecule has 0 unspecified atom stereocenters. The van der Waals surface area contributed by atoms with Gasteiger partial charge in [-0.05, 0) is 48.4 Å². The maximum absolute atomic E-state index is 12.1. The minimum atomic E-state index is -0.904. The lowest BCUT2D eigenvalue weighted by atomic mass is 10.2. The maximum Gasteiger partial charge on any atom is 0.329 e. The van der Waals surface area contributed by atoms with Crippen LogP contribution in [0.2, 0.25) is 5.02 Å². The van der Waals surface area contributed by atoms with Crippen LogP contribution in [0.25, 0.3) is 0 Å². The third kappa shape index (κ3) is 7.19. The Morgan fingerprint density at radius 1 is 0.909 bits per heavy atom. The quantitative estimate of drug-likeness (QED) is 0.281. The fraction of sp³-hybridized carbons (Fsp3) is 0.0833. The molecule has 0 aliphatic rings. The molecule has 0 spiro atoms. The normalized spacial score (nSPS) is 10.5. The summed E-state index contributed by atoms with van der Waals surface area (Å²) in [5.41, 5.74) is 4.65. The molecule has 3 N–H and O–H groups in total. The molecule has 168 valence electrons. The Labute approximate surface area is 195 Å². The van der Waals surface area contributed by atoms with Crippen LogP contribution in [0.4, 0.5) is 11.4 Å². The van der Waals surface area contributed by atoms with Gasteiger partial charge in [0, 0.05) is 5.69 Å². The van der Waals surface area contributed by atoms with Gasteiger partial charge in [-0.15, -0.1) is 0 Å². The fourth-order valence-electron chi connectivity index (χ4n) is 2.69. The highest BCUT2D eigenvalue weighted by molar-refractivity contribution is 6.39. The van der Waals surface area contributed by atoms with Gasteiger partial charge in [-0.2, -0.15) is 5.10 Å². The van der Waals surface area contributed by atoms with E-state index in [1.807, 2.05) is 19.1 Å². The number of amides is 3. The van der Waals surface area contributed by atoms with Crippen molar-refractivity contribution in [2.45, 2.75) is 6.92 Å². The first-order valence-corrected chi connectivity index (χ1v) is 10.3. The van der Waals surface area contributed by atoms with Crippen molar-refractivity contribution in [3.8, 4) is 5.75 Å². The zero-order valence-corrected chi connectivity index (χ0v) is 18.4. The number of rotatable bonds is 7. The number of benzene rings is 3. The van der Waals surface area contributed by atoms with E-state index in [9.17, 15) is 14.4 Å². The lowest BCUT2D eigenvalue weighted by molar-refractivity contribution is -0.136. The molecule has 3 rings (SSSR count). The molecule has 9 heteroatoms. The van der Waals surface area contributed by atoms with E-state index < -0.39 is 11.8 Å². The summed E-state index contributed by atoms with van der Waals surface area (Å²) < 4.78 is 5.50. The highest BCUT2D eigenvalue weighted by Gasteiger charge is 2.13. The van der Waals surface area contributed by atoms with Gasteiger partial charge in [-0.25, -0.2) is 5.43 Å². The summed E-state index contributed by atoms with van der Waals surface area (Å²) in [5, 5.41) is 9.41. The molecule has 0 saturated carbocycles. The van der Waals surface area contributed by atoms with E-state index in [1.54, 1.807) is 60.7 Å². The van der Waals surface area contributed by atoms with Gasteiger partial charge in [-0.1, -0.05) is 54.1 Å². The minimum absolute atomic E-state index is 0.221. The highest BCUT2D eigenvalue weighted by atomic mass is 35.5. The van der Waals surface area contributed by atoms with Gasteiger partial charge >= 0.3 is 11.8 Å². The molecular formula is C24H21ClN4O4. The smallest absolute Gasteiger partial charge is 0.329 e. The van der Waals surface area contributed by atoms with E-state index in [0.717, 1.165) is 5.56 Å². The molecule has 0 radical (unpaired) electrons. The van der Waals surface area contributed by atoms with Gasteiger partial charge in [-0.3, -0.25) is 14.4 Å². The van der Waals surface area contributed by atoms with Crippen LogP contribution < -0.4 is 20.8 Å². The molecular weight excluding hydrogens is 444 g/mol. The Kier molecular flexibility index (Phi) is 8.15. The van der Waals surface area contributed by atoms with Crippen LogP contribution in [0.1, 0.15) is 11.1 Å². The Hall–Kier alpha value is -4.17. The fourth-order valence-corrected chi connectivity index (χ4v) is 2.87. The number of halogens is 1. The molecule has 0 atom stereocenters. The number of hydrogen-bond acceptors (Lipinski definition) is 5. The lowest BCUT2D eigenvalue weighted by Gasteiger charge is -2.09. The largest absolute Gasteiger partial charge is 0.484 e. The van der Waals surface area contributed by atoms with Crippen LogP contribution in [0.15, 0.2) is 77.9 Å².